The molecule has 0 radical (unpaired) electrons. The molecule has 1 aliphatic heterocycles. The minimum absolute atomic E-state index is 0.234. The lowest BCUT2D eigenvalue weighted by Gasteiger charge is -2.25. The van der Waals surface area contributed by atoms with Crippen LogP contribution in [0.2, 0.25) is 0 Å². The maximum Gasteiger partial charge on any atom is 0.255 e. The highest BCUT2D eigenvalue weighted by molar-refractivity contribution is 6.09. The van der Waals surface area contributed by atoms with E-state index in [0.717, 1.165) is 16.6 Å². The van der Waals surface area contributed by atoms with Crippen LogP contribution in [0.4, 0.5) is 17.1 Å². The van der Waals surface area contributed by atoms with Gasteiger partial charge in [0.2, 0.25) is 0 Å². The van der Waals surface area contributed by atoms with Crippen LogP contribution in [0.1, 0.15) is 27.6 Å². The Hall–Kier alpha value is -4.39. The van der Waals surface area contributed by atoms with Gasteiger partial charge in [-0.05, 0) is 55.5 Å². The van der Waals surface area contributed by atoms with Crippen molar-refractivity contribution in [3.8, 4) is 5.75 Å². The van der Waals surface area contributed by atoms with E-state index in [0.29, 0.717) is 34.9 Å². The van der Waals surface area contributed by atoms with Crippen LogP contribution in [0.15, 0.2) is 79.0 Å². The first-order valence-electron chi connectivity index (χ1n) is 10.7. The molecule has 7 heteroatoms. The molecule has 1 atom stereocenters. The van der Waals surface area contributed by atoms with E-state index < -0.39 is 0 Å². The maximum absolute atomic E-state index is 12.8. The zero-order valence-electron chi connectivity index (χ0n) is 18.0. The van der Waals surface area contributed by atoms with Crippen molar-refractivity contribution >= 4 is 39.8 Å². The van der Waals surface area contributed by atoms with Crippen LogP contribution >= 0.6 is 0 Å². The quantitative estimate of drug-likeness (QED) is 0.420. The van der Waals surface area contributed by atoms with Gasteiger partial charge in [0, 0.05) is 40.2 Å². The SMILES string of the molecule is CC1COc2cc(NC(=O)c3cccc(C(=O)Nc4ccc5cccnc5c4)c3)ccc2N1. The number of nitrogens with zero attached hydrogens (tertiary/aromatic N) is 1. The molecule has 3 aromatic carbocycles. The summed E-state index contributed by atoms with van der Waals surface area (Å²) in [6.07, 6.45) is 1.71. The van der Waals surface area contributed by atoms with Crippen molar-refractivity contribution in [1.82, 2.24) is 4.98 Å². The number of fused-ring (bicyclic) bond motifs is 2. The van der Waals surface area contributed by atoms with Gasteiger partial charge in [-0.3, -0.25) is 14.6 Å². The summed E-state index contributed by atoms with van der Waals surface area (Å²) in [5, 5.41) is 10.1. The van der Waals surface area contributed by atoms with Gasteiger partial charge in [-0.25, -0.2) is 0 Å². The topological polar surface area (TPSA) is 92.3 Å². The maximum atomic E-state index is 12.8. The van der Waals surface area contributed by atoms with Gasteiger partial charge in [-0.15, -0.1) is 0 Å². The molecule has 0 saturated heterocycles. The van der Waals surface area contributed by atoms with Crippen LogP contribution in [0.25, 0.3) is 10.9 Å². The number of hydrogen-bond acceptors (Lipinski definition) is 5. The van der Waals surface area contributed by atoms with E-state index in [2.05, 4.69) is 20.9 Å². The highest BCUT2D eigenvalue weighted by atomic mass is 16.5. The molecule has 0 fully saturated rings. The normalized spacial score (nSPS) is 14.5. The second kappa shape index (κ2) is 8.63. The lowest BCUT2D eigenvalue weighted by molar-refractivity contribution is 0.102. The predicted molar refractivity (Wildman–Crippen MR) is 129 cm³/mol. The first kappa shape index (κ1) is 20.5. The molecule has 0 bridgehead atoms. The molecule has 5 rings (SSSR count). The number of benzene rings is 3. The lowest BCUT2D eigenvalue weighted by atomic mass is 10.1. The minimum atomic E-state index is -0.309. The molecule has 3 N–H and O–H groups in total. The minimum Gasteiger partial charge on any atom is -0.489 e. The van der Waals surface area contributed by atoms with Crippen LogP contribution in [0, 0.1) is 0 Å². The summed E-state index contributed by atoms with van der Waals surface area (Å²) in [4.78, 5) is 29.9. The van der Waals surface area contributed by atoms with Crippen LogP contribution < -0.4 is 20.7 Å². The lowest BCUT2D eigenvalue weighted by Crippen LogP contribution is -2.28. The third-order valence-corrected chi connectivity index (χ3v) is 5.38. The summed E-state index contributed by atoms with van der Waals surface area (Å²) < 4.78 is 5.73. The van der Waals surface area contributed by atoms with Gasteiger partial charge in [0.05, 0.1) is 17.2 Å². The van der Waals surface area contributed by atoms with Crippen LogP contribution in [0.5, 0.6) is 5.75 Å². The number of pyridine rings is 1. The Labute approximate surface area is 190 Å². The molecule has 0 aliphatic carbocycles. The molecule has 1 unspecified atom stereocenters. The summed E-state index contributed by atoms with van der Waals surface area (Å²) in [5.41, 5.74) is 3.71. The van der Waals surface area contributed by atoms with Crippen molar-refractivity contribution in [2.45, 2.75) is 13.0 Å². The molecule has 4 aromatic rings. The Bertz CT molecular complexity index is 1370. The van der Waals surface area contributed by atoms with Gasteiger partial charge in [-0.1, -0.05) is 18.2 Å². The zero-order chi connectivity index (χ0) is 22.8. The second-order valence-electron chi connectivity index (χ2n) is 7.97. The number of nitrogens with one attached hydrogen (secondary N) is 3. The number of hydrogen-bond donors (Lipinski definition) is 3. The number of ether oxygens (including phenoxy) is 1. The number of aromatic nitrogens is 1. The highest BCUT2D eigenvalue weighted by Crippen LogP contribution is 2.31. The van der Waals surface area contributed by atoms with Gasteiger partial charge in [0.1, 0.15) is 12.4 Å². The van der Waals surface area contributed by atoms with Gasteiger partial charge in [0.15, 0.2) is 0 Å². The molecular weight excluding hydrogens is 416 g/mol. The van der Waals surface area contributed by atoms with E-state index in [-0.39, 0.29) is 17.9 Å². The monoisotopic (exact) mass is 438 g/mol. The van der Waals surface area contributed by atoms with Gasteiger partial charge in [-0.2, -0.15) is 0 Å². The van der Waals surface area contributed by atoms with E-state index >= 15 is 0 Å². The third kappa shape index (κ3) is 4.48. The molecule has 2 heterocycles. The van der Waals surface area contributed by atoms with Crippen LogP contribution in [-0.4, -0.2) is 29.4 Å². The van der Waals surface area contributed by atoms with Crippen molar-refractivity contribution in [2.75, 3.05) is 22.6 Å². The molecule has 33 heavy (non-hydrogen) atoms. The average molecular weight is 438 g/mol. The number of carbonyl (C=O) groups is 2. The van der Waals surface area contributed by atoms with Crippen LogP contribution in [-0.2, 0) is 0 Å². The number of rotatable bonds is 4. The Morgan fingerprint density at radius 3 is 2.42 bits per heavy atom. The molecule has 1 aliphatic rings. The summed E-state index contributed by atoms with van der Waals surface area (Å²) in [6, 6.07) is 21.7. The predicted octanol–water partition coefficient (Wildman–Crippen LogP) is 4.93. The van der Waals surface area contributed by atoms with Gasteiger partial charge < -0.3 is 20.7 Å². The summed E-state index contributed by atoms with van der Waals surface area (Å²) in [5.74, 6) is 0.0860. The molecule has 164 valence electrons. The average Bonchev–Trinajstić information content (AvgIpc) is 2.84. The summed E-state index contributed by atoms with van der Waals surface area (Å²) in [7, 11) is 0. The number of amides is 2. The molecule has 1 aromatic heterocycles. The summed E-state index contributed by atoms with van der Waals surface area (Å²) >= 11 is 0. The standard InChI is InChI=1S/C26H22N4O3/c1-16-15-33-24-14-21(9-10-22(24)28-16)30-26(32)19-5-2-4-18(12-19)25(31)29-20-8-7-17-6-3-11-27-23(17)13-20/h2-14,16,28H,15H2,1H3,(H,29,31)(H,30,32). The molecular formula is C26H22N4O3. The highest BCUT2D eigenvalue weighted by Gasteiger charge is 2.17. The fourth-order valence-corrected chi connectivity index (χ4v) is 3.71. The van der Waals surface area contributed by atoms with Crippen LogP contribution in [0.3, 0.4) is 0 Å². The molecule has 2 amide bonds. The van der Waals surface area contributed by atoms with E-state index in [4.69, 9.17) is 4.74 Å². The number of carbonyl (C=O) groups excluding carboxylic acids is 2. The molecule has 7 nitrogen and oxygen atoms in total. The Morgan fingerprint density at radius 1 is 0.909 bits per heavy atom. The largest absolute Gasteiger partial charge is 0.489 e. The van der Waals surface area contributed by atoms with Gasteiger partial charge >= 0.3 is 0 Å². The first-order chi connectivity index (χ1) is 16.0. The van der Waals surface area contributed by atoms with Crippen molar-refractivity contribution in [2.24, 2.45) is 0 Å². The zero-order valence-corrected chi connectivity index (χ0v) is 18.0. The summed E-state index contributed by atoms with van der Waals surface area (Å²) in [6.45, 7) is 2.60. The smallest absolute Gasteiger partial charge is 0.255 e. The van der Waals surface area contributed by atoms with Crippen molar-refractivity contribution in [1.29, 1.82) is 0 Å². The Kier molecular flexibility index (Phi) is 5.36. The first-order valence-corrected chi connectivity index (χ1v) is 10.7. The molecule has 0 spiro atoms. The molecule has 0 saturated carbocycles. The van der Waals surface area contributed by atoms with Gasteiger partial charge in [0.25, 0.3) is 11.8 Å². The van der Waals surface area contributed by atoms with E-state index in [1.165, 1.54) is 0 Å². The Balaban J connectivity index is 1.30. The van der Waals surface area contributed by atoms with Crippen molar-refractivity contribution in [3.05, 3.63) is 90.1 Å². The Morgan fingerprint density at radius 2 is 1.64 bits per heavy atom. The van der Waals surface area contributed by atoms with Crippen molar-refractivity contribution < 1.29 is 14.3 Å². The fourth-order valence-electron chi connectivity index (χ4n) is 3.71. The van der Waals surface area contributed by atoms with Crippen molar-refractivity contribution in [3.63, 3.8) is 0 Å². The second-order valence-corrected chi connectivity index (χ2v) is 7.97. The van der Waals surface area contributed by atoms with E-state index in [1.807, 2.05) is 49.4 Å². The fraction of sp³-hybridized carbons (Fsp3) is 0.115. The van der Waals surface area contributed by atoms with E-state index in [9.17, 15) is 9.59 Å². The third-order valence-electron chi connectivity index (χ3n) is 5.38. The van der Waals surface area contributed by atoms with E-state index in [1.54, 1.807) is 36.5 Å². The number of anilines is 3.